The minimum atomic E-state index is 0.581. The lowest BCUT2D eigenvalue weighted by atomic mass is 9.92. The van der Waals surface area contributed by atoms with Crippen LogP contribution < -0.4 is 0 Å². The van der Waals surface area contributed by atoms with Crippen molar-refractivity contribution in [3.8, 4) is 67.5 Å². The summed E-state index contributed by atoms with van der Waals surface area (Å²) in [6, 6.07) is 70.1. The molecule has 4 nitrogen and oxygen atoms in total. The lowest BCUT2D eigenvalue weighted by Gasteiger charge is -2.14. The van der Waals surface area contributed by atoms with Gasteiger partial charge in [-0.25, -0.2) is 15.0 Å². The molecule has 0 aliphatic heterocycles. The van der Waals surface area contributed by atoms with Crippen LogP contribution in [-0.2, 0) is 0 Å². The molecule has 0 unspecified atom stereocenters. The topological polar surface area (TPSA) is 51.8 Å². The third-order valence-corrected chi connectivity index (χ3v) is 10.9. The molecule has 0 saturated heterocycles. The molecule has 0 saturated carbocycles. The Balaban J connectivity index is 1.18. The summed E-state index contributed by atoms with van der Waals surface area (Å²) in [6.45, 7) is 0. The van der Waals surface area contributed by atoms with Crippen LogP contribution in [0.25, 0.3) is 111 Å². The molecule has 0 radical (unpaired) electrons. The van der Waals surface area contributed by atoms with Crippen LogP contribution in [0.4, 0.5) is 0 Å². The SMILES string of the molecule is c1ccc(-c2cc(-c3ccccc3)cc(-c3cc(-c4nc(-c5ccc6ccccc6c5)nc(-c5ccc6ccccc6c5)n4)c4c(c3)oc3ccccc34)c2)cc1. The smallest absolute Gasteiger partial charge is 0.164 e. The second-order valence-electron chi connectivity index (χ2n) is 14.5. The number of fused-ring (bicyclic) bond motifs is 5. The summed E-state index contributed by atoms with van der Waals surface area (Å²) in [5.41, 5.74) is 11.0. The van der Waals surface area contributed by atoms with Crippen molar-refractivity contribution >= 4 is 43.5 Å². The second kappa shape index (κ2) is 13.6. The molecule has 0 spiro atoms. The normalized spacial score (nSPS) is 11.5. The van der Waals surface area contributed by atoms with Gasteiger partial charge in [0.15, 0.2) is 17.5 Å². The van der Waals surface area contributed by atoms with Crippen LogP contribution in [-0.4, -0.2) is 15.0 Å². The van der Waals surface area contributed by atoms with Crippen molar-refractivity contribution in [2.45, 2.75) is 0 Å². The molecule has 0 N–H and O–H groups in total. The van der Waals surface area contributed by atoms with Crippen molar-refractivity contribution in [2.24, 2.45) is 0 Å². The average Bonchev–Trinajstić information content (AvgIpc) is 3.67. The van der Waals surface area contributed by atoms with Crippen LogP contribution in [0.1, 0.15) is 0 Å². The summed E-state index contributed by atoms with van der Waals surface area (Å²) in [4.78, 5) is 15.8. The minimum Gasteiger partial charge on any atom is -0.456 e. The number of para-hydroxylation sites is 1. The van der Waals surface area contributed by atoms with Gasteiger partial charge < -0.3 is 4.42 Å². The lowest BCUT2D eigenvalue weighted by Crippen LogP contribution is -2.01. The van der Waals surface area contributed by atoms with E-state index in [1.807, 2.05) is 12.1 Å². The number of aromatic nitrogens is 3. The van der Waals surface area contributed by atoms with Crippen LogP contribution >= 0.6 is 0 Å². The third-order valence-electron chi connectivity index (χ3n) is 10.9. The van der Waals surface area contributed by atoms with Crippen molar-refractivity contribution in [3.63, 3.8) is 0 Å². The molecule has 0 fully saturated rings. The quantitative estimate of drug-likeness (QED) is 0.171. The van der Waals surface area contributed by atoms with Gasteiger partial charge in [-0.2, -0.15) is 0 Å². The highest BCUT2D eigenvalue weighted by Crippen LogP contribution is 2.42. The summed E-state index contributed by atoms with van der Waals surface area (Å²) >= 11 is 0. The number of hydrogen-bond donors (Lipinski definition) is 0. The number of benzene rings is 9. The van der Waals surface area contributed by atoms with Crippen molar-refractivity contribution in [3.05, 3.63) is 200 Å². The van der Waals surface area contributed by atoms with E-state index >= 15 is 0 Å². The van der Waals surface area contributed by atoms with E-state index in [2.05, 4.69) is 188 Å². The first-order valence-corrected chi connectivity index (χ1v) is 19.2. The first kappa shape index (κ1) is 32.7. The number of furan rings is 1. The predicted octanol–water partition coefficient (Wildman–Crippen LogP) is 14.1. The maximum atomic E-state index is 6.66. The largest absolute Gasteiger partial charge is 0.456 e. The van der Waals surface area contributed by atoms with E-state index in [0.29, 0.717) is 17.5 Å². The van der Waals surface area contributed by atoms with Gasteiger partial charge in [-0.1, -0.05) is 152 Å². The van der Waals surface area contributed by atoms with Crippen molar-refractivity contribution in [2.75, 3.05) is 0 Å². The van der Waals surface area contributed by atoms with E-state index in [1.165, 1.54) is 0 Å². The van der Waals surface area contributed by atoms with Gasteiger partial charge in [-0.3, -0.25) is 0 Å². The monoisotopic (exact) mass is 727 g/mol. The highest BCUT2D eigenvalue weighted by molar-refractivity contribution is 6.13. The molecule has 4 heteroatoms. The molecule has 57 heavy (non-hydrogen) atoms. The molecule has 0 aliphatic carbocycles. The second-order valence-corrected chi connectivity index (χ2v) is 14.5. The summed E-state index contributed by atoms with van der Waals surface area (Å²) in [5.74, 6) is 1.80. The van der Waals surface area contributed by atoms with E-state index < -0.39 is 0 Å². The van der Waals surface area contributed by atoms with Crippen LogP contribution in [0.5, 0.6) is 0 Å². The Morgan fingerprint density at radius 2 is 0.737 bits per heavy atom. The molecular weight excluding hydrogens is 695 g/mol. The molecule has 9 aromatic carbocycles. The first-order chi connectivity index (χ1) is 28.2. The van der Waals surface area contributed by atoms with Gasteiger partial charge in [-0.15, -0.1) is 0 Å². The maximum absolute atomic E-state index is 6.66. The predicted molar refractivity (Wildman–Crippen MR) is 235 cm³/mol. The molecule has 266 valence electrons. The van der Waals surface area contributed by atoms with Crippen LogP contribution in [0.3, 0.4) is 0 Å². The van der Waals surface area contributed by atoms with Gasteiger partial charge in [0.2, 0.25) is 0 Å². The van der Waals surface area contributed by atoms with Gasteiger partial charge in [0.1, 0.15) is 11.2 Å². The Hall–Kier alpha value is -7.69. The average molecular weight is 728 g/mol. The van der Waals surface area contributed by atoms with Gasteiger partial charge in [0.25, 0.3) is 0 Å². The van der Waals surface area contributed by atoms with Gasteiger partial charge in [0, 0.05) is 27.5 Å². The van der Waals surface area contributed by atoms with E-state index in [-0.39, 0.29) is 0 Å². The summed E-state index contributed by atoms with van der Waals surface area (Å²) in [7, 11) is 0. The molecular formula is C53H33N3O. The maximum Gasteiger partial charge on any atom is 0.164 e. The Morgan fingerprint density at radius 3 is 1.32 bits per heavy atom. The number of rotatable bonds is 6. The van der Waals surface area contributed by atoms with E-state index in [0.717, 1.165) is 93.6 Å². The molecule has 0 atom stereocenters. The molecule has 11 aromatic rings. The fourth-order valence-electron chi connectivity index (χ4n) is 8.00. The van der Waals surface area contributed by atoms with E-state index in [4.69, 9.17) is 19.4 Å². The fourth-order valence-corrected chi connectivity index (χ4v) is 8.00. The number of nitrogens with zero attached hydrogens (tertiary/aromatic N) is 3. The molecule has 2 heterocycles. The van der Waals surface area contributed by atoms with Gasteiger partial charge >= 0.3 is 0 Å². The van der Waals surface area contributed by atoms with Gasteiger partial charge in [0.05, 0.1) is 0 Å². The standard InChI is InChI=1S/C53H33N3O/c1-3-13-34(14-4-1)42-29-43(35-15-5-2-6-16-35)31-44(30-42)45-32-47(50-46-21-11-12-22-48(46)57-49(50)33-45)53-55-51(40-25-23-36-17-7-9-19-38(36)27-40)54-52(56-53)41-26-24-37-18-8-10-20-39(37)28-41/h1-33H. The molecule has 0 amide bonds. The highest BCUT2D eigenvalue weighted by atomic mass is 16.3. The van der Waals surface area contributed by atoms with E-state index in [9.17, 15) is 0 Å². The Kier molecular flexibility index (Phi) is 7.78. The zero-order chi connectivity index (χ0) is 37.7. The molecule has 2 aromatic heterocycles. The van der Waals surface area contributed by atoms with Crippen molar-refractivity contribution in [1.29, 1.82) is 0 Å². The molecule has 11 rings (SSSR count). The Morgan fingerprint density at radius 1 is 0.281 bits per heavy atom. The summed E-state index contributed by atoms with van der Waals surface area (Å²) in [5, 5.41) is 6.56. The fraction of sp³-hybridized carbons (Fsp3) is 0. The summed E-state index contributed by atoms with van der Waals surface area (Å²) in [6.07, 6.45) is 0. The highest BCUT2D eigenvalue weighted by Gasteiger charge is 2.21. The van der Waals surface area contributed by atoms with E-state index in [1.54, 1.807) is 0 Å². The Labute approximate surface area is 329 Å². The van der Waals surface area contributed by atoms with Crippen molar-refractivity contribution in [1.82, 2.24) is 15.0 Å². The van der Waals surface area contributed by atoms with Crippen LogP contribution in [0.2, 0.25) is 0 Å². The van der Waals surface area contributed by atoms with Crippen LogP contribution in [0.15, 0.2) is 205 Å². The summed E-state index contributed by atoms with van der Waals surface area (Å²) < 4.78 is 6.66. The zero-order valence-electron chi connectivity index (χ0n) is 30.8. The molecule has 0 bridgehead atoms. The first-order valence-electron chi connectivity index (χ1n) is 19.2. The Bertz CT molecular complexity index is 3140. The van der Waals surface area contributed by atoms with Crippen molar-refractivity contribution < 1.29 is 4.42 Å². The van der Waals surface area contributed by atoms with Crippen LogP contribution in [0, 0.1) is 0 Å². The lowest BCUT2D eigenvalue weighted by molar-refractivity contribution is 0.669. The minimum absolute atomic E-state index is 0.581. The molecule has 0 aliphatic rings. The zero-order valence-corrected chi connectivity index (χ0v) is 30.8. The van der Waals surface area contributed by atoms with Gasteiger partial charge in [-0.05, 0) is 103 Å². The number of hydrogen-bond acceptors (Lipinski definition) is 4. The third kappa shape index (κ3) is 6.01.